The zero-order valence-corrected chi connectivity index (χ0v) is 11.8. The fourth-order valence-electron chi connectivity index (χ4n) is 2.25. The van der Waals surface area contributed by atoms with Crippen molar-refractivity contribution in [3.8, 4) is 0 Å². The van der Waals surface area contributed by atoms with Crippen molar-refractivity contribution in [2.45, 2.75) is 44.6 Å². The van der Waals surface area contributed by atoms with E-state index in [2.05, 4.69) is 5.32 Å². The molecule has 7 heteroatoms. The summed E-state index contributed by atoms with van der Waals surface area (Å²) >= 11 is 0. The second-order valence-electron chi connectivity index (χ2n) is 4.81. The predicted octanol–water partition coefficient (Wildman–Crippen LogP) is 0.978. The lowest BCUT2D eigenvalue weighted by Gasteiger charge is -2.33. The average Bonchev–Trinajstić information content (AvgIpc) is 2.45. The maximum atomic E-state index is 12.0. The van der Waals surface area contributed by atoms with E-state index in [1.807, 2.05) is 0 Å². The Labute approximate surface area is 118 Å². The number of likely N-dealkylation sites (tertiary alicyclic amines) is 1. The molecule has 114 valence electrons. The van der Waals surface area contributed by atoms with Crippen LogP contribution in [0.1, 0.15) is 38.5 Å². The molecule has 1 heterocycles. The number of carbonyl (C=O) groups excluding carboxylic acids is 2. The molecule has 2 N–H and O–H groups in total. The van der Waals surface area contributed by atoms with Crippen LogP contribution in [-0.4, -0.2) is 54.2 Å². The third kappa shape index (κ3) is 5.07. The molecule has 1 aliphatic rings. The van der Waals surface area contributed by atoms with Crippen molar-refractivity contribution in [1.82, 2.24) is 10.2 Å². The van der Waals surface area contributed by atoms with Crippen LogP contribution >= 0.6 is 0 Å². The van der Waals surface area contributed by atoms with E-state index in [1.54, 1.807) is 0 Å². The van der Waals surface area contributed by atoms with Gasteiger partial charge in [-0.3, -0.25) is 4.79 Å². The van der Waals surface area contributed by atoms with Crippen LogP contribution in [0.25, 0.3) is 0 Å². The van der Waals surface area contributed by atoms with Gasteiger partial charge in [0.05, 0.1) is 7.11 Å². The van der Waals surface area contributed by atoms with E-state index < -0.39 is 12.0 Å². The van der Waals surface area contributed by atoms with Gasteiger partial charge in [-0.05, 0) is 32.1 Å². The van der Waals surface area contributed by atoms with Gasteiger partial charge in [0.1, 0.15) is 6.04 Å². The largest absolute Gasteiger partial charge is 0.481 e. The molecular formula is C13H22N2O5. The van der Waals surface area contributed by atoms with Crippen LogP contribution in [0, 0.1) is 0 Å². The highest BCUT2D eigenvalue weighted by Gasteiger charge is 2.32. The molecule has 0 aromatic carbocycles. The van der Waals surface area contributed by atoms with Gasteiger partial charge in [0.15, 0.2) is 0 Å². The first-order valence-corrected chi connectivity index (χ1v) is 6.90. The summed E-state index contributed by atoms with van der Waals surface area (Å²) in [4.78, 5) is 35.5. The lowest BCUT2D eigenvalue weighted by molar-refractivity contribution is -0.147. The van der Waals surface area contributed by atoms with Crippen molar-refractivity contribution in [1.29, 1.82) is 0 Å². The number of ether oxygens (including phenoxy) is 1. The van der Waals surface area contributed by atoms with Crippen LogP contribution in [-0.2, 0) is 14.3 Å². The number of esters is 1. The molecule has 0 radical (unpaired) electrons. The van der Waals surface area contributed by atoms with Crippen LogP contribution in [0.5, 0.6) is 0 Å². The summed E-state index contributed by atoms with van der Waals surface area (Å²) in [6.45, 7) is 0.956. The number of methoxy groups -OCH3 is 1. The molecule has 0 bridgehead atoms. The van der Waals surface area contributed by atoms with Crippen molar-refractivity contribution in [3.05, 3.63) is 0 Å². The molecule has 1 rings (SSSR count). The predicted molar refractivity (Wildman–Crippen MR) is 71.2 cm³/mol. The van der Waals surface area contributed by atoms with Gasteiger partial charge in [0.2, 0.25) is 0 Å². The summed E-state index contributed by atoms with van der Waals surface area (Å²) in [5, 5.41) is 11.2. The number of aliphatic carboxylic acids is 1. The highest BCUT2D eigenvalue weighted by molar-refractivity contribution is 5.83. The van der Waals surface area contributed by atoms with Crippen molar-refractivity contribution in [2.24, 2.45) is 0 Å². The van der Waals surface area contributed by atoms with Gasteiger partial charge in [-0.1, -0.05) is 0 Å². The number of carbonyl (C=O) groups is 3. The first-order valence-electron chi connectivity index (χ1n) is 6.90. The van der Waals surface area contributed by atoms with Crippen molar-refractivity contribution in [2.75, 3.05) is 20.2 Å². The van der Waals surface area contributed by atoms with E-state index in [-0.39, 0.29) is 18.4 Å². The number of unbranched alkanes of at least 4 members (excludes halogenated alkanes) is 1. The smallest absolute Gasteiger partial charge is 0.328 e. The summed E-state index contributed by atoms with van der Waals surface area (Å²) in [6.07, 6.45) is 3.64. The number of nitrogens with one attached hydrogen (secondary N) is 1. The van der Waals surface area contributed by atoms with E-state index in [4.69, 9.17) is 9.84 Å². The van der Waals surface area contributed by atoms with Gasteiger partial charge < -0.3 is 20.1 Å². The Morgan fingerprint density at radius 2 is 2.05 bits per heavy atom. The fraction of sp³-hybridized carbons (Fsp3) is 0.769. The van der Waals surface area contributed by atoms with Crippen LogP contribution in [0.4, 0.5) is 4.79 Å². The fourth-order valence-corrected chi connectivity index (χ4v) is 2.25. The van der Waals surface area contributed by atoms with Crippen molar-refractivity contribution >= 4 is 18.0 Å². The number of rotatable bonds is 6. The second kappa shape index (κ2) is 8.39. The number of urea groups is 1. The van der Waals surface area contributed by atoms with Crippen LogP contribution in [0.3, 0.4) is 0 Å². The molecule has 1 fully saturated rings. The molecule has 0 spiro atoms. The van der Waals surface area contributed by atoms with E-state index in [1.165, 1.54) is 12.0 Å². The molecule has 0 aromatic rings. The van der Waals surface area contributed by atoms with Gasteiger partial charge in [-0.2, -0.15) is 0 Å². The molecule has 1 aliphatic heterocycles. The van der Waals surface area contributed by atoms with Crippen molar-refractivity contribution < 1.29 is 24.2 Å². The highest BCUT2D eigenvalue weighted by atomic mass is 16.5. The SMILES string of the molecule is COC(=O)C1CCCCN1C(=O)NCCCCC(=O)O. The minimum absolute atomic E-state index is 0.102. The molecule has 1 saturated heterocycles. The van der Waals surface area contributed by atoms with Gasteiger partial charge in [0, 0.05) is 19.5 Å². The summed E-state index contributed by atoms with van der Waals surface area (Å²) in [7, 11) is 1.32. The number of carboxylic acid groups (broad SMARTS) is 1. The molecular weight excluding hydrogens is 264 g/mol. The second-order valence-corrected chi connectivity index (χ2v) is 4.81. The number of carboxylic acids is 1. The molecule has 7 nitrogen and oxygen atoms in total. The number of amides is 2. The summed E-state index contributed by atoms with van der Waals surface area (Å²) in [5.41, 5.74) is 0. The first-order chi connectivity index (χ1) is 9.56. The maximum absolute atomic E-state index is 12.0. The molecule has 1 unspecified atom stereocenters. The van der Waals surface area contributed by atoms with E-state index in [9.17, 15) is 14.4 Å². The molecule has 0 saturated carbocycles. The van der Waals surface area contributed by atoms with E-state index >= 15 is 0 Å². The minimum atomic E-state index is -0.835. The Kier molecular flexibility index (Phi) is 6.83. The van der Waals surface area contributed by atoms with E-state index in [0.29, 0.717) is 32.4 Å². The molecule has 20 heavy (non-hydrogen) atoms. The number of piperidine rings is 1. The Hall–Kier alpha value is -1.79. The summed E-state index contributed by atoms with van der Waals surface area (Å²) in [5.74, 6) is -1.22. The molecule has 2 amide bonds. The lowest BCUT2D eigenvalue weighted by atomic mass is 10.0. The number of nitrogens with zero attached hydrogens (tertiary/aromatic N) is 1. The Morgan fingerprint density at radius 3 is 2.70 bits per heavy atom. The zero-order valence-electron chi connectivity index (χ0n) is 11.8. The summed E-state index contributed by atoms with van der Waals surface area (Å²) < 4.78 is 4.71. The maximum Gasteiger partial charge on any atom is 0.328 e. The van der Waals surface area contributed by atoms with E-state index in [0.717, 1.165) is 12.8 Å². The number of hydrogen-bond acceptors (Lipinski definition) is 4. The lowest BCUT2D eigenvalue weighted by Crippen LogP contribution is -2.52. The normalized spacial score (nSPS) is 18.4. The van der Waals surface area contributed by atoms with Gasteiger partial charge >= 0.3 is 18.0 Å². The minimum Gasteiger partial charge on any atom is -0.481 e. The zero-order chi connectivity index (χ0) is 15.0. The Morgan fingerprint density at radius 1 is 1.30 bits per heavy atom. The Bertz CT molecular complexity index is 359. The molecule has 1 atom stereocenters. The third-order valence-electron chi connectivity index (χ3n) is 3.33. The van der Waals surface area contributed by atoms with Crippen molar-refractivity contribution in [3.63, 3.8) is 0 Å². The average molecular weight is 286 g/mol. The van der Waals surface area contributed by atoms with Gasteiger partial charge in [-0.15, -0.1) is 0 Å². The first kappa shape index (κ1) is 16.3. The quantitative estimate of drug-likeness (QED) is 0.560. The van der Waals surface area contributed by atoms with Gasteiger partial charge in [-0.25, -0.2) is 9.59 Å². The molecule has 0 aromatic heterocycles. The standard InChI is InChI=1S/C13H22N2O5/c1-20-12(18)10-6-3-5-9-15(10)13(19)14-8-4-2-7-11(16)17/h10H,2-9H2,1H3,(H,14,19)(H,16,17). The van der Waals surface area contributed by atoms with Gasteiger partial charge in [0.25, 0.3) is 0 Å². The van der Waals surface area contributed by atoms with Crippen LogP contribution in [0.15, 0.2) is 0 Å². The highest BCUT2D eigenvalue weighted by Crippen LogP contribution is 2.18. The molecule has 0 aliphatic carbocycles. The number of hydrogen-bond donors (Lipinski definition) is 2. The Balaban J connectivity index is 2.36. The third-order valence-corrected chi connectivity index (χ3v) is 3.33. The topological polar surface area (TPSA) is 95.9 Å². The monoisotopic (exact) mass is 286 g/mol. The van der Waals surface area contributed by atoms with Crippen LogP contribution < -0.4 is 5.32 Å². The van der Waals surface area contributed by atoms with Crippen LogP contribution in [0.2, 0.25) is 0 Å². The summed E-state index contributed by atoms with van der Waals surface area (Å²) in [6, 6.07) is -0.789.